The van der Waals surface area contributed by atoms with Crippen LogP contribution in [-0.4, -0.2) is 29.3 Å². The number of carbonyl (C=O) groups excluding carboxylic acids is 1. The minimum atomic E-state index is -0.427. The third kappa shape index (κ3) is 4.52. The Morgan fingerprint density at radius 3 is 2.56 bits per heavy atom. The number of thiophene rings is 1. The molecule has 10 heteroatoms. The molecular weight excluding hydrogens is 413 g/mol. The molecule has 0 fully saturated rings. The van der Waals surface area contributed by atoms with Crippen molar-refractivity contribution in [3.63, 3.8) is 0 Å². The molecule has 0 aliphatic carbocycles. The SMILES string of the molecule is CCOc1ccc(C(=O)Nc2nnc(-c3cc(Cl)sc3Cl)o2)cc1OCC. The molecule has 0 saturated carbocycles. The third-order valence-corrected chi connectivity index (χ3v) is 4.83. The number of aromatic nitrogens is 2. The summed E-state index contributed by atoms with van der Waals surface area (Å²) in [5.41, 5.74) is 0.873. The lowest BCUT2D eigenvalue weighted by Crippen LogP contribution is -2.12. The lowest BCUT2D eigenvalue weighted by Gasteiger charge is -2.11. The Balaban J connectivity index is 1.77. The minimum Gasteiger partial charge on any atom is -0.490 e. The maximum atomic E-state index is 12.5. The zero-order chi connectivity index (χ0) is 19.4. The van der Waals surface area contributed by atoms with Gasteiger partial charge < -0.3 is 13.9 Å². The smallest absolute Gasteiger partial charge is 0.322 e. The van der Waals surface area contributed by atoms with Gasteiger partial charge in [-0.15, -0.1) is 16.4 Å². The standard InChI is InChI=1S/C17H15Cl2N3O4S/c1-3-24-11-6-5-9(7-12(11)25-4-2)15(23)20-17-22-21-16(26-17)10-8-13(18)27-14(10)19/h5-8H,3-4H2,1-2H3,(H,20,22,23). The Morgan fingerprint density at radius 1 is 1.15 bits per heavy atom. The van der Waals surface area contributed by atoms with Gasteiger partial charge >= 0.3 is 6.01 Å². The highest BCUT2D eigenvalue weighted by molar-refractivity contribution is 7.20. The van der Waals surface area contributed by atoms with Crippen LogP contribution < -0.4 is 14.8 Å². The summed E-state index contributed by atoms with van der Waals surface area (Å²) in [6, 6.07) is 6.46. The second-order valence-corrected chi connectivity index (χ2v) is 7.42. The van der Waals surface area contributed by atoms with Crippen molar-refractivity contribution < 1.29 is 18.7 Å². The summed E-state index contributed by atoms with van der Waals surface area (Å²) in [7, 11) is 0. The molecule has 7 nitrogen and oxygen atoms in total. The van der Waals surface area contributed by atoms with Gasteiger partial charge in [0.1, 0.15) is 4.34 Å². The van der Waals surface area contributed by atoms with Gasteiger partial charge in [0, 0.05) is 5.56 Å². The first-order valence-corrected chi connectivity index (χ1v) is 9.58. The van der Waals surface area contributed by atoms with E-state index in [9.17, 15) is 4.79 Å². The van der Waals surface area contributed by atoms with Gasteiger partial charge in [-0.3, -0.25) is 10.1 Å². The molecule has 0 radical (unpaired) electrons. The molecule has 1 amide bonds. The van der Waals surface area contributed by atoms with Crippen molar-refractivity contribution in [3.8, 4) is 23.0 Å². The van der Waals surface area contributed by atoms with Gasteiger partial charge in [-0.2, -0.15) is 0 Å². The van der Waals surface area contributed by atoms with Crippen molar-refractivity contribution in [3.05, 3.63) is 38.5 Å². The number of hydrogen-bond acceptors (Lipinski definition) is 7. The van der Waals surface area contributed by atoms with Crippen LogP contribution in [-0.2, 0) is 0 Å². The molecule has 27 heavy (non-hydrogen) atoms. The second-order valence-electron chi connectivity index (χ2n) is 5.13. The number of ether oxygens (including phenoxy) is 2. The summed E-state index contributed by atoms with van der Waals surface area (Å²) in [4.78, 5) is 12.5. The van der Waals surface area contributed by atoms with E-state index in [-0.39, 0.29) is 11.9 Å². The Bertz CT molecular complexity index is 958. The molecule has 1 aromatic carbocycles. The number of benzene rings is 1. The van der Waals surface area contributed by atoms with E-state index in [1.54, 1.807) is 24.3 Å². The molecule has 0 saturated heterocycles. The summed E-state index contributed by atoms with van der Waals surface area (Å²) >= 11 is 13.2. The van der Waals surface area contributed by atoms with Crippen LogP contribution in [0.3, 0.4) is 0 Å². The van der Waals surface area contributed by atoms with E-state index in [1.807, 2.05) is 13.8 Å². The van der Waals surface area contributed by atoms with E-state index in [0.29, 0.717) is 44.5 Å². The minimum absolute atomic E-state index is 0.0553. The van der Waals surface area contributed by atoms with Crippen LogP contribution >= 0.6 is 34.5 Å². The maximum absolute atomic E-state index is 12.5. The monoisotopic (exact) mass is 427 g/mol. The largest absolute Gasteiger partial charge is 0.490 e. The molecule has 1 N–H and O–H groups in total. The van der Waals surface area contributed by atoms with Crippen LogP contribution in [0.15, 0.2) is 28.7 Å². The van der Waals surface area contributed by atoms with Crippen molar-refractivity contribution in [1.82, 2.24) is 10.2 Å². The lowest BCUT2D eigenvalue weighted by atomic mass is 10.2. The Kier molecular flexibility index (Phi) is 6.20. The van der Waals surface area contributed by atoms with Crippen LogP contribution in [0.4, 0.5) is 6.01 Å². The number of halogens is 2. The second kappa shape index (κ2) is 8.60. The van der Waals surface area contributed by atoms with E-state index in [1.165, 1.54) is 11.3 Å². The molecule has 3 rings (SSSR count). The van der Waals surface area contributed by atoms with Gasteiger partial charge in [-0.1, -0.05) is 28.3 Å². The van der Waals surface area contributed by atoms with Gasteiger partial charge in [-0.05, 0) is 38.1 Å². The van der Waals surface area contributed by atoms with Gasteiger partial charge in [0.25, 0.3) is 11.8 Å². The maximum Gasteiger partial charge on any atom is 0.322 e. The van der Waals surface area contributed by atoms with E-state index < -0.39 is 5.91 Å². The first-order valence-electron chi connectivity index (χ1n) is 8.01. The number of nitrogens with zero attached hydrogens (tertiary/aromatic N) is 2. The highest BCUT2D eigenvalue weighted by atomic mass is 35.5. The highest BCUT2D eigenvalue weighted by Gasteiger charge is 2.18. The molecule has 3 aromatic rings. The average molecular weight is 428 g/mol. The molecule has 0 spiro atoms. The van der Waals surface area contributed by atoms with Gasteiger partial charge in [-0.25, -0.2) is 0 Å². The summed E-state index contributed by atoms with van der Waals surface area (Å²) in [6.45, 7) is 4.66. The Morgan fingerprint density at radius 2 is 1.89 bits per heavy atom. The number of nitrogens with one attached hydrogen (secondary N) is 1. The van der Waals surface area contributed by atoms with Gasteiger partial charge in [0.2, 0.25) is 0 Å². The number of hydrogen-bond donors (Lipinski definition) is 1. The van der Waals surface area contributed by atoms with E-state index >= 15 is 0 Å². The van der Waals surface area contributed by atoms with Crippen molar-refractivity contribution in [2.45, 2.75) is 13.8 Å². The van der Waals surface area contributed by atoms with Crippen molar-refractivity contribution >= 4 is 46.5 Å². The fraction of sp³-hybridized carbons (Fsp3) is 0.235. The number of rotatable bonds is 7. The van der Waals surface area contributed by atoms with Crippen LogP contribution in [0.1, 0.15) is 24.2 Å². The van der Waals surface area contributed by atoms with Crippen molar-refractivity contribution in [2.24, 2.45) is 0 Å². The fourth-order valence-electron chi connectivity index (χ4n) is 2.23. The van der Waals surface area contributed by atoms with Crippen molar-refractivity contribution in [2.75, 3.05) is 18.5 Å². The molecular formula is C17H15Cl2N3O4S. The van der Waals surface area contributed by atoms with Gasteiger partial charge in [0.15, 0.2) is 11.5 Å². The third-order valence-electron chi connectivity index (χ3n) is 3.34. The van der Waals surface area contributed by atoms with E-state index in [2.05, 4.69) is 15.5 Å². The highest BCUT2D eigenvalue weighted by Crippen LogP contribution is 2.38. The molecule has 142 valence electrons. The Labute approximate surface area is 169 Å². The first-order chi connectivity index (χ1) is 13.0. The Hall–Kier alpha value is -2.29. The summed E-state index contributed by atoms with van der Waals surface area (Å²) in [5.74, 6) is 0.793. The van der Waals surface area contributed by atoms with Crippen LogP contribution in [0.25, 0.3) is 11.5 Å². The zero-order valence-electron chi connectivity index (χ0n) is 14.4. The summed E-state index contributed by atoms with van der Waals surface area (Å²) in [6.07, 6.45) is 0. The molecule has 2 heterocycles. The predicted molar refractivity (Wildman–Crippen MR) is 104 cm³/mol. The summed E-state index contributed by atoms with van der Waals surface area (Å²) in [5, 5.41) is 10.2. The average Bonchev–Trinajstić information content (AvgIpc) is 3.22. The molecule has 2 aromatic heterocycles. The number of amides is 1. The van der Waals surface area contributed by atoms with E-state index in [4.69, 9.17) is 37.1 Å². The number of anilines is 1. The zero-order valence-corrected chi connectivity index (χ0v) is 16.7. The first kappa shape index (κ1) is 19.5. The molecule has 0 aliphatic heterocycles. The predicted octanol–water partition coefficient (Wildman–Crippen LogP) is 5.15. The van der Waals surface area contributed by atoms with Crippen molar-refractivity contribution in [1.29, 1.82) is 0 Å². The van der Waals surface area contributed by atoms with Crippen LogP contribution in [0.5, 0.6) is 11.5 Å². The molecule has 0 bridgehead atoms. The molecule has 0 aliphatic rings. The fourth-order valence-corrected chi connectivity index (χ4v) is 3.68. The molecule has 0 atom stereocenters. The topological polar surface area (TPSA) is 86.5 Å². The summed E-state index contributed by atoms with van der Waals surface area (Å²) < 4.78 is 17.4. The van der Waals surface area contributed by atoms with Crippen LogP contribution in [0.2, 0.25) is 8.67 Å². The molecule has 0 unspecified atom stereocenters. The van der Waals surface area contributed by atoms with E-state index in [0.717, 1.165) is 0 Å². The number of carbonyl (C=O) groups is 1. The van der Waals surface area contributed by atoms with Crippen LogP contribution in [0, 0.1) is 0 Å². The normalized spacial score (nSPS) is 10.7. The quantitative estimate of drug-likeness (QED) is 0.560. The van der Waals surface area contributed by atoms with Gasteiger partial charge in [0.05, 0.1) is 23.1 Å². The lowest BCUT2D eigenvalue weighted by molar-refractivity contribution is 0.102.